The van der Waals surface area contributed by atoms with Crippen molar-refractivity contribution in [2.45, 2.75) is 6.54 Å². The number of benzene rings is 1. The van der Waals surface area contributed by atoms with Gasteiger partial charge in [-0.3, -0.25) is 4.57 Å². The number of nitrogen functional groups attached to an aromatic ring is 1. The first-order valence-electron chi connectivity index (χ1n) is 5.37. The molecule has 0 spiro atoms. The quantitative estimate of drug-likeness (QED) is 0.796. The SMILES string of the molecule is Cn1ccn(CCOc2cccc(N)c2)c1=O. The molecule has 0 aliphatic carbocycles. The zero-order valence-electron chi connectivity index (χ0n) is 9.67. The van der Waals surface area contributed by atoms with Crippen LogP contribution in [0.5, 0.6) is 5.75 Å². The topological polar surface area (TPSA) is 62.2 Å². The van der Waals surface area contributed by atoms with Crippen LogP contribution in [-0.2, 0) is 13.6 Å². The van der Waals surface area contributed by atoms with E-state index < -0.39 is 0 Å². The van der Waals surface area contributed by atoms with Crippen LogP contribution >= 0.6 is 0 Å². The monoisotopic (exact) mass is 233 g/mol. The molecule has 0 amide bonds. The molecule has 1 aromatic carbocycles. The van der Waals surface area contributed by atoms with Gasteiger partial charge in [-0.05, 0) is 12.1 Å². The van der Waals surface area contributed by atoms with E-state index in [1.54, 1.807) is 36.1 Å². The van der Waals surface area contributed by atoms with Gasteiger partial charge in [-0.15, -0.1) is 0 Å². The molecule has 0 aliphatic rings. The Morgan fingerprint density at radius 3 is 2.82 bits per heavy atom. The molecule has 0 saturated heterocycles. The van der Waals surface area contributed by atoms with E-state index in [0.29, 0.717) is 24.6 Å². The Morgan fingerprint density at radius 2 is 2.18 bits per heavy atom. The summed E-state index contributed by atoms with van der Waals surface area (Å²) in [6.45, 7) is 0.960. The van der Waals surface area contributed by atoms with E-state index in [9.17, 15) is 4.79 Å². The minimum absolute atomic E-state index is 0.0406. The maximum absolute atomic E-state index is 11.5. The number of hydrogen-bond donors (Lipinski definition) is 1. The third-order valence-electron chi connectivity index (χ3n) is 2.48. The largest absolute Gasteiger partial charge is 0.492 e. The van der Waals surface area contributed by atoms with Crippen molar-refractivity contribution in [3.8, 4) is 5.75 Å². The first kappa shape index (κ1) is 11.3. The van der Waals surface area contributed by atoms with Gasteiger partial charge in [-0.25, -0.2) is 4.79 Å². The Bertz CT molecular complexity index is 557. The molecule has 5 nitrogen and oxygen atoms in total. The van der Waals surface area contributed by atoms with E-state index in [-0.39, 0.29) is 5.69 Å². The lowest BCUT2D eigenvalue weighted by molar-refractivity contribution is 0.296. The van der Waals surface area contributed by atoms with Gasteiger partial charge >= 0.3 is 5.69 Å². The van der Waals surface area contributed by atoms with Gasteiger partial charge in [0.15, 0.2) is 0 Å². The van der Waals surface area contributed by atoms with E-state index in [1.165, 1.54) is 4.57 Å². The second kappa shape index (κ2) is 4.78. The van der Waals surface area contributed by atoms with E-state index in [4.69, 9.17) is 10.5 Å². The summed E-state index contributed by atoms with van der Waals surface area (Å²) in [5, 5.41) is 0. The number of anilines is 1. The summed E-state index contributed by atoms with van der Waals surface area (Å²) in [6, 6.07) is 7.23. The Balaban J connectivity index is 1.92. The van der Waals surface area contributed by atoms with Crippen molar-refractivity contribution in [2.24, 2.45) is 7.05 Å². The highest BCUT2D eigenvalue weighted by atomic mass is 16.5. The minimum Gasteiger partial charge on any atom is -0.492 e. The second-order valence-corrected chi connectivity index (χ2v) is 3.81. The lowest BCUT2D eigenvalue weighted by Gasteiger charge is -2.06. The number of ether oxygens (including phenoxy) is 1. The Kier molecular flexibility index (Phi) is 3.18. The number of imidazole rings is 1. The lowest BCUT2D eigenvalue weighted by atomic mass is 10.3. The fourth-order valence-corrected chi connectivity index (χ4v) is 1.55. The van der Waals surface area contributed by atoms with Crippen LogP contribution in [-0.4, -0.2) is 15.7 Å². The van der Waals surface area contributed by atoms with Crippen LogP contribution in [0.25, 0.3) is 0 Å². The molecule has 90 valence electrons. The van der Waals surface area contributed by atoms with Gasteiger partial charge in [0.25, 0.3) is 0 Å². The van der Waals surface area contributed by atoms with Crippen LogP contribution in [0.15, 0.2) is 41.5 Å². The van der Waals surface area contributed by atoms with E-state index in [1.807, 2.05) is 12.1 Å². The van der Waals surface area contributed by atoms with Gasteiger partial charge in [-0.1, -0.05) is 6.07 Å². The van der Waals surface area contributed by atoms with Crippen LogP contribution < -0.4 is 16.2 Å². The number of hydrogen-bond acceptors (Lipinski definition) is 3. The van der Waals surface area contributed by atoms with Crippen molar-refractivity contribution in [1.29, 1.82) is 0 Å². The minimum atomic E-state index is -0.0406. The highest BCUT2D eigenvalue weighted by Gasteiger charge is 2.00. The number of nitrogens with zero attached hydrogens (tertiary/aromatic N) is 2. The standard InChI is InChI=1S/C12H15N3O2/c1-14-5-6-15(12(14)16)7-8-17-11-4-2-3-10(13)9-11/h2-6,9H,7-8,13H2,1H3. The van der Waals surface area contributed by atoms with E-state index in [2.05, 4.69) is 0 Å². The average Bonchev–Trinajstić information content (AvgIpc) is 2.61. The zero-order chi connectivity index (χ0) is 12.3. The molecule has 1 aromatic heterocycles. The summed E-state index contributed by atoms with van der Waals surface area (Å²) in [4.78, 5) is 11.5. The van der Waals surface area contributed by atoms with Gasteiger partial charge in [0, 0.05) is 31.2 Å². The van der Waals surface area contributed by atoms with E-state index >= 15 is 0 Å². The van der Waals surface area contributed by atoms with Gasteiger partial charge in [0.2, 0.25) is 0 Å². The summed E-state index contributed by atoms with van der Waals surface area (Å²) in [6.07, 6.45) is 3.47. The van der Waals surface area contributed by atoms with Crippen molar-refractivity contribution in [2.75, 3.05) is 12.3 Å². The Morgan fingerprint density at radius 1 is 1.35 bits per heavy atom. The van der Waals surface area contributed by atoms with Crippen LogP contribution in [0.1, 0.15) is 0 Å². The molecular weight excluding hydrogens is 218 g/mol. The normalized spacial score (nSPS) is 10.4. The number of rotatable bonds is 4. The number of aryl methyl sites for hydroxylation is 1. The Hall–Kier alpha value is -2.17. The summed E-state index contributed by atoms with van der Waals surface area (Å²) < 4.78 is 8.64. The third kappa shape index (κ3) is 2.69. The molecule has 2 N–H and O–H groups in total. The molecule has 0 bridgehead atoms. The number of aromatic nitrogens is 2. The molecule has 2 aromatic rings. The van der Waals surface area contributed by atoms with Crippen LogP contribution in [0.4, 0.5) is 5.69 Å². The summed E-state index contributed by atoms with van der Waals surface area (Å²) in [5.74, 6) is 0.717. The van der Waals surface area contributed by atoms with Crippen LogP contribution in [0.2, 0.25) is 0 Å². The predicted molar refractivity (Wildman–Crippen MR) is 66.0 cm³/mol. The maximum atomic E-state index is 11.5. The third-order valence-corrected chi connectivity index (χ3v) is 2.48. The van der Waals surface area contributed by atoms with Crippen molar-refractivity contribution in [3.05, 3.63) is 47.1 Å². The number of nitrogens with two attached hydrogens (primary N) is 1. The maximum Gasteiger partial charge on any atom is 0.327 e. The molecule has 5 heteroatoms. The predicted octanol–water partition coefficient (Wildman–Crippen LogP) is 0.848. The molecule has 0 aliphatic heterocycles. The first-order chi connectivity index (χ1) is 8.16. The molecule has 0 fully saturated rings. The Labute approximate surface area is 99.0 Å². The highest BCUT2D eigenvalue weighted by Crippen LogP contribution is 2.14. The zero-order valence-corrected chi connectivity index (χ0v) is 9.67. The van der Waals surface area contributed by atoms with Gasteiger partial charge < -0.3 is 15.0 Å². The molecule has 0 unspecified atom stereocenters. The molecule has 0 saturated carbocycles. The molecule has 0 radical (unpaired) electrons. The summed E-state index contributed by atoms with van der Waals surface area (Å²) >= 11 is 0. The second-order valence-electron chi connectivity index (χ2n) is 3.81. The first-order valence-corrected chi connectivity index (χ1v) is 5.37. The van der Waals surface area contributed by atoms with Gasteiger partial charge in [0.05, 0.1) is 6.54 Å². The van der Waals surface area contributed by atoms with Crippen molar-refractivity contribution in [3.63, 3.8) is 0 Å². The summed E-state index contributed by atoms with van der Waals surface area (Å²) in [7, 11) is 1.72. The van der Waals surface area contributed by atoms with Crippen molar-refractivity contribution >= 4 is 5.69 Å². The van der Waals surface area contributed by atoms with Crippen molar-refractivity contribution in [1.82, 2.24) is 9.13 Å². The van der Waals surface area contributed by atoms with Crippen LogP contribution in [0.3, 0.4) is 0 Å². The molecule has 17 heavy (non-hydrogen) atoms. The van der Waals surface area contributed by atoms with Crippen molar-refractivity contribution < 1.29 is 4.74 Å². The molecule has 0 atom stereocenters. The van der Waals surface area contributed by atoms with Gasteiger partial charge in [0.1, 0.15) is 12.4 Å². The fourth-order valence-electron chi connectivity index (χ4n) is 1.55. The average molecular weight is 233 g/mol. The molecule has 2 rings (SSSR count). The molecule has 1 heterocycles. The molecular formula is C12H15N3O2. The van der Waals surface area contributed by atoms with E-state index in [0.717, 1.165) is 0 Å². The highest BCUT2D eigenvalue weighted by molar-refractivity contribution is 5.43. The van der Waals surface area contributed by atoms with Gasteiger partial charge in [-0.2, -0.15) is 0 Å². The fraction of sp³-hybridized carbons (Fsp3) is 0.250. The van der Waals surface area contributed by atoms with Crippen LogP contribution in [0, 0.1) is 0 Å². The lowest BCUT2D eigenvalue weighted by Crippen LogP contribution is -2.24. The summed E-state index contributed by atoms with van der Waals surface area (Å²) in [5.41, 5.74) is 6.26. The smallest absolute Gasteiger partial charge is 0.327 e.